The van der Waals surface area contributed by atoms with Crippen molar-refractivity contribution in [2.75, 3.05) is 0 Å². The smallest absolute Gasteiger partial charge is 0.347 e. The molecule has 1 fully saturated rings. The van der Waals surface area contributed by atoms with Crippen LogP contribution in [0.15, 0.2) is 51.4 Å². The second kappa shape index (κ2) is 8.33. The number of rotatable bonds is 8. The number of hydrogen-bond donors (Lipinski definition) is 1. The summed E-state index contributed by atoms with van der Waals surface area (Å²) in [5.74, 6) is 2.14. The normalized spacial score (nSPS) is 21.9. The Morgan fingerprint density at radius 2 is 1.93 bits per heavy atom. The molecule has 30 heavy (non-hydrogen) atoms. The van der Waals surface area contributed by atoms with E-state index in [0.29, 0.717) is 24.5 Å². The summed E-state index contributed by atoms with van der Waals surface area (Å²) in [4.78, 5) is 13.1. The SMILES string of the molecule is CCCC1(c2c(O)cc(C(Cc3ccc(C)cc3)CC3CC3)oc2=O)CC=C(C)O1. The van der Waals surface area contributed by atoms with Crippen LogP contribution in [0.5, 0.6) is 5.75 Å². The second-order valence-corrected chi connectivity index (χ2v) is 9.13. The highest BCUT2D eigenvalue weighted by Crippen LogP contribution is 2.45. The Morgan fingerprint density at radius 3 is 2.50 bits per heavy atom. The van der Waals surface area contributed by atoms with Gasteiger partial charge in [0.2, 0.25) is 0 Å². The van der Waals surface area contributed by atoms with E-state index in [9.17, 15) is 9.90 Å². The van der Waals surface area contributed by atoms with Crippen LogP contribution in [0.1, 0.15) is 80.7 Å². The topological polar surface area (TPSA) is 59.7 Å². The molecule has 0 radical (unpaired) electrons. The first kappa shape index (κ1) is 20.8. The van der Waals surface area contributed by atoms with Crippen molar-refractivity contribution in [3.05, 3.63) is 75.0 Å². The molecule has 1 aromatic carbocycles. The van der Waals surface area contributed by atoms with Crippen LogP contribution in [0.4, 0.5) is 0 Å². The summed E-state index contributed by atoms with van der Waals surface area (Å²) in [6.45, 7) is 6.02. The lowest BCUT2D eigenvalue weighted by molar-refractivity contribution is 0.00886. The van der Waals surface area contributed by atoms with Gasteiger partial charge in [-0.15, -0.1) is 0 Å². The highest BCUT2D eigenvalue weighted by Gasteiger charge is 2.42. The molecule has 0 spiro atoms. The summed E-state index contributed by atoms with van der Waals surface area (Å²) in [7, 11) is 0. The molecule has 0 bridgehead atoms. The minimum Gasteiger partial charge on any atom is -0.507 e. The molecular formula is C26H32O4. The molecule has 2 aromatic rings. The fourth-order valence-corrected chi connectivity index (χ4v) is 4.72. The van der Waals surface area contributed by atoms with Gasteiger partial charge in [0.15, 0.2) is 0 Å². The molecule has 2 aliphatic rings. The Bertz CT molecular complexity index is 981. The van der Waals surface area contributed by atoms with Crippen molar-refractivity contribution < 1.29 is 14.3 Å². The predicted molar refractivity (Wildman–Crippen MR) is 118 cm³/mol. The molecule has 4 nitrogen and oxygen atoms in total. The van der Waals surface area contributed by atoms with Crippen molar-refractivity contribution in [2.45, 2.75) is 77.2 Å². The minimum absolute atomic E-state index is 0.00232. The van der Waals surface area contributed by atoms with Crippen LogP contribution >= 0.6 is 0 Å². The maximum Gasteiger partial charge on any atom is 0.347 e. The van der Waals surface area contributed by atoms with Crippen LogP contribution in [-0.2, 0) is 16.8 Å². The first-order valence-electron chi connectivity index (χ1n) is 11.2. The van der Waals surface area contributed by atoms with E-state index in [1.165, 1.54) is 24.0 Å². The Hall–Kier alpha value is -2.49. The van der Waals surface area contributed by atoms with Crippen molar-refractivity contribution in [1.82, 2.24) is 0 Å². The molecule has 2 unspecified atom stereocenters. The van der Waals surface area contributed by atoms with Crippen LogP contribution in [0.25, 0.3) is 0 Å². The van der Waals surface area contributed by atoms with Gasteiger partial charge in [-0.2, -0.15) is 0 Å². The summed E-state index contributed by atoms with van der Waals surface area (Å²) < 4.78 is 11.9. The van der Waals surface area contributed by atoms with Crippen molar-refractivity contribution in [3.63, 3.8) is 0 Å². The van der Waals surface area contributed by atoms with Crippen LogP contribution in [-0.4, -0.2) is 5.11 Å². The molecule has 1 N–H and O–H groups in total. The monoisotopic (exact) mass is 408 g/mol. The Labute approximate surface area is 178 Å². The molecule has 4 rings (SSSR count). The van der Waals surface area contributed by atoms with E-state index in [2.05, 4.69) is 38.1 Å². The highest BCUT2D eigenvalue weighted by atomic mass is 16.5. The van der Waals surface area contributed by atoms with Crippen molar-refractivity contribution in [1.29, 1.82) is 0 Å². The maximum absolute atomic E-state index is 13.1. The average molecular weight is 409 g/mol. The number of benzene rings is 1. The van der Waals surface area contributed by atoms with Gasteiger partial charge in [0.05, 0.1) is 5.76 Å². The van der Waals surface area contributed by atoms with E-state index in [1.807, 2.05) is 13.0 Å². The van der Waals surface area contributed by atoms with E-state index in [1.54, 1.807) is 6.07 Å². The summed E-state index contributed by atoms with van der Waals surface area (Å²) in [6, 6.07) is 10.2. The summed E-state index contributed by atoms with van der Waals surface area (Å²) >= 11 is 0. The molecule has 1 aromatic heterocycles. The molecular weight excluding hydrogens is 376 g/mol. The van der Waals surface area contributed by atoms with Crippen LogP contribution in [0.3, 0.4) is 0 Å². The molecule has 1 aliphatic heterocycles. The maximum atomic E-state index is 13.1. The largest absolute Gasteiger partial charge is 0.507 e. The van der Waals surface area contributed by atoms with Gasteiger partial charge in [-0.1, -0.05) is 56.0 Å². The molecule has 1 aliphatic carbocycles. The number of allylic oxidation sites excluding steroid dienone is 1. The third-order valence-corrected chi connectivity index (χ3v) is 6.45. The van der Waals surface area contributed by atoms with Crippen LogP contribution in [0.2, 0.25) is 0 Å². The van der Waals surface area contributed by atoms with Gasteiger partial charge in [0.1, 0.15) is 22.7 Å². The highest BCUT2D eigenvalue weighted by molar-refractivity contribution is 5.38. The lowest BCUT2D eigenvalue weighted by atomic mass is 9.86. The number of ether oxygens (including phenoxy) is 1. The van der Waals surface area contributed by atoms with Gasteiger partial charge in [0.25, 0.3) is 0 Å². The van der Waals surface area contributed by atoms with Gasteiger partial charge < -0.3 is 14.3 Å². The Kier molecular flexibility index (Phi) is 5.77. The third-order valence-electron chi connectivity index (χ3n) is 6.45. The standard InChI is InChI=1S/C26H32O4/c1-4-12-26(13-11-18(3)30-26)24-22(27)16-23(29-25(24)28)21(15-20-9-10-20)14-19-7-5-17(2)6-8-19/h5-8,11,16,20-21,27H,4,9-10,12-15H2,1-3H3. The zero-order valence-corrected chi connectivity index (χ0v) is 18.2. The van der Waals surface area contributed by atoms with Crippen molar-refractivity contribution >= 4 is 0 Å². The number of hydrogen-bond acceptors (Lipinski definition) is 4. The zero-order valence-electron chi connectivity index (χ0n) is 18.2. The van der Waals surface area contributed by atoms with Crippen LogP contribution < -0.4 is 5.63 Å². The predicted octanol–water partition coefficient (Wildman–Crippen LogP) is 6.10. The van der Waals surface area contributed by atoms with Gasteiger partial charge in [-0.25, -0.2) is 4.79 Å². The molecule has 2 atom stereocenters. The number of aryl methyl sites for hydroxylation is 1. The first-order valence-corrected chi connectivity index (χ1v) is 11.2. The molecule has 0 amide bonds. The summed E-state index contributed by atoms with van der Waals surface area (Å²) in [5.41, 5.74) is 1.44. The fourth-order valence-electron chi connectivity index (χ4n) is 4.72. The van der Waals surface area contributed by atoms with E-state index < -0.39 is 11.2 Å². The molecule has 2 heterocycles. The summed E-state index contributed by atoms with van der Waals surface area (Å²) in [6.07, 6.45) is 8.32. The third kappa shape index (κ3) is 4.33. The van der Waals surface area contributed by atoms with E-state index in [-0.39, 0.29) is 17.2 Å². The van der Waals surface area contributed by atoms with Crippen molar-refractivity contribution in [3.8, 4) is 5.75 Å². The zero-order chi connectivity index (χ0) is 21.3. The lowest BCUT2D eigenvalue weighted by Crippen LogP contribution is -2.32. The van der Waals surface area contributed by atoms with Gasteiger partial charge >= 0.3 is 5.63 Å². The van der Waals surface area contributed by atoms with Crippen LogP contribution in [0, 0.1) is 12.8 Å². The van der Waals surface area contributed by atoms with Gasteiger partial charge in [-0.05, 0) is 50.7 Å². The Morgan fingerprint density at radius 1 is 1.20 bits per heavy atom. The lowest BCUT2D eigenvalue weighted by Gasteiger charge is -2.29. The summed E-state index contributed by atoms with van der Waals surface area (Å²) in [5, 5.41) is 10.9. The average Bonchev–Trinajstić information content (AvgIpc) is 3.44. The fraction of sp³-hybridized carbons (Fsp3) is 0.500. The second-order valence-electron chi connectivity index (χ2n) is 9.13. The minimum atomic E-state index is -0.815. The molecule has 0 saturated heterocycles. The van der Waals surface area contributed by atoms with Gasteiger partial charge in [0, 0.05) is 18.4 Å². The molecule has 1 saturated carbocycles. The quantitative estimate of drug-likeness (QED) is 0.573. The van der Waals surface area contributed by atoms with E-state index >= 15 is 0 Å². The van der Waals surface area contributed by atoms with E-state index in [4.69, 9.17) is 9.15 Å². The van der Waals surface area contributed by atoms with Gasteiger partial charge in [-0.3, -0.25) is 0 Å². The van der Waals surface area contributed by atoms with Crippen molar-refractivity contribution in [2.24, 2.45) is 5.92 Å². The first-order chi connectivity index (χ1) is 14.4. The Balaban J connectivity index is 1.67. The van der Waals surface area contributed by atoms with E-state index in [0.717, 1.165) is 25.0 Å². The molecule has 160 valence electrons. The number of aromatic hydroxyl groups is 1. The molecule has 4 heteroatoms.